The van der Waals surface area contributed by atoms with E-state index >= 15 is 0 Å². The summed E-state index contributed by atoms with van der Waals surface area (Å²) in [6, 6.07) is 51.9. The van der Waals surface area contributed by atoms with E-state index < -0.39 is 36.4 Å². The molecule has 415 valence electrons. The Labute approximate surface area is 488 Å². The number of benzene rings is 6. The molecule has 83 heavy (non-hydrogen) atoms. The molecule has 3 aromatic heterocycles. The van der Waals surface area contributed by atoms with Crippen molar-refractivity contribution in [2.75, 3.05) is 5.32 Å². The van der Waals surface area contributed by atoms with Crippen molar-refractivity contribution >= 4 is 88.5 Å². The Morgan fingerprint density at radius 1 is 0.446 bits per heavy atom. The van der Waals surface area contributed by atoms with Crippen molar-refractivity contribution in [2.24, 2.45) is 0 Å². The van der Waals surface area contributed by atoms with Crippen LogP contribution in [0.25, 0.3) is 90.9 Å². The predicted molar refractivity (Wildman–Crippen MR) is 314 cm³/mol. The minimum absolute atomic E-state index is 0. The van der Waals surface area contributed by atoms with Crippen LogP contribution in [0.15, 0.2) is 197 Å². The number of carbonyl (C=O) groups excluding carboxylic acids is 1. The maximum atomic E-state index is 13.6. The third-order valence-corrected chi connectivity index (χ3v) is 17.7. The van der Waals surface area contributed by atoms with Gasteiger partial charge in [-0.25, -0.2) is 14.8 Å². The Hall–Kier alpha value is -8.56. The van der Waals surface area contributed by atoms with Gasteiger partial charge in [-0.1, -0.05) is 133 Å². The molecular weight excluding hydrogens is 1150 g/mol. The largest absolute Gasteiger partial charge is 2.00 e. The number of nitrogens with zero attached hydrogens (tertiary/aromatic N) is 4. The number of nitrogens with one attached hydrogen (secondary N) is 1. The van der Waals surface area contributed by atoms with Gasteiger partial charge in [0.1, 0.15) is 6.10 Å². The second-order valence-electron chi connectivity index (χ2n) is 20.0. The van der Waals surface area contributed by atoms with Crippen molar-refractivity contribution in [1.82, 2.24) is 19.9 Å². The molecule has 20 heteroatoms. The molecule has 0 unspecified atom stereocenters. The van der Waals surface area contributed by atoms with Gasteiger partial charge >= 0.3 is 23.2 Å². The van der Waals surface area contributed by atoms with Gasteiger partial charge in [-0.2, -0.15) is 25.3 Å². The maximum Gasteiger partial charge on any atom is 2.00 e. The normalized spacial score (nSPS) is 14.2. The van der Waals surface area contributed by atoms with E-state index in [9.17, 15) is 43.7 Å². The molecule has 3 aliphatic rings. The number of hydrogen-bond acceptors (Lipinski definition) is 10. The standard InChI is InChI=1S/C63H48N5O11S3.Mn/c69-62(79-46-35-37-63(38-36-46,43-7-3-1-4-8-43)44-9-5-2-6-10-44)64-45-19-11-39(12-20-45)58-50-27-29-52(65-50)59(40-13-21-47(22-14-40)80(70,71)72)54-31-33-56(67-54)61(42-17-25-49(26-18-42)82(76,77)78)57-34-32-55(68-57)60(53-30-28-51(58)66-53)41-15-23-48(24-16-41)81(73,74)75;/h1-34,46H,35-38H2,(H5-,64,65,66,67,68,69,70,71,72,73,74,75,76,77,78);/q-1;+2/p-1. The third kappa shape index (κ3) is 11.4. The average molecular weight is 1200 g/mol. The minimum atomic E-state index is -4.56. The van der Waals surface area contributed by atoms with Crippen molar-refractivity contribution in [3.05, 3.63) is 216 Å². The van der Waals surface area contributed by atoms with Crippen LogP contribution in [0, 0.1) is 0 Å². The summed E-state index contributed by atoms with van der Waals surface area (Å²) < 4.78 is 109. The Kier molecular flexibility index (Phi) is 15.1. The SMILES string of the molecule is O=C(Nc1ccc(-c2c3nc(c(-c4ccc(S(=O)(=O)O)cc4)c4ccc([n-]4)c(-c4ccc(S(=O)(=O)O)cc4)c4nc(c(-c5ccc(S(=O)(=O)O)cc5)c5ccc2[n-]5)C=C4)C=C3)cc1)OC1CCC(c2ccccc2)(c2ccccc2)CC1.[Mn+2]. The van der Waals surface area contributed by atoms with Crippen LogP contribution < -0.4 is 15.3 Å². The van der Waals surface area contributed by atoms with Crippen molar-refractivity contribution in [1.29, 1.82) is 0 Å². The molecule has 1 fully saturated rings. The van der Waals surface area contributed by atoms with Gasteiger partial charge in [0.2, 0.25) is 0 Å². The smallest absolute Gasteiger partial charge is 0.657 e. The van der Waals surface area contributed by atoms with Crippen LogP contribution >= 0.6 is 0 Å². The van der Waals surface area contributed by atoms with Crippen molar-refractivity contribution in [2.45, 2.75) is 51.9 Å². The summed E-state index contributed by atoms with van der Waals surface area (Å²) in [7, 11) is -13.7. The fourth-order valence-corrected chi connectivity index (χ4v) is 12.6. The molecule has 8 bridgehead atoms. The number of aromatic nitrogens is 4. The summed E-state index contributed by atoms with van der Waals surface area (Å²) in [5, 5.41) is 2.92. The molecule has 1 amide bonds. The second kappa shape index (κ2) is 22.3. The predicted octanol–water partition coefficient (Wildman–Crippen LogP) is 12.8. The van der Waals surface area contributed by atoms with E-state index in [1.807, 2.05) is 36.4 Å². The first-order valence-corrected chi connectivity index (χ1v) is 30.2. The fourth-order valence-electron chi connectivity index (χ4n) is 11.1. The van der Waals surface area contributed by atoms with E-state index in [4.69, 9.17) is 24.7 Å². The number of amides is 1. The molecule has 9 aromatic rings. The van der Waals surface area contributed by atoms with Crippen LogP contribution in [-0.4, -0.2) is 61.1 Å². The van der Waals surface area contributed by atoms with E-state index in [0.717, 1.165) is 12.8 Å². The van der Waals surface area contributed by atoms with E-state index in [0.29, 0.717) is 108 Å². The number of hydrogen-bond donors (Lipinski definition) is 4. The van der Waals surface area contributed by atoms with Crippen LogP contribution in [0.1, 0.15) is 59.6 Å². The van der Waals surface area contributed by atoms with Crippen LogP contribution in [0.3, 0.4) is 0 Å². The summed E-state index contributed by atoms with van der Waals surface area (Å²) >= 11 is 0. The van der Waals surface area contributed by atoms with E-state index in [1.54, 1.807) is 48.6 Å². The van der Waals surface area contributed by atoms with Crippen LogP contribution in [-0.2, 0) is 57.6 Å². The van der Waals surface area contributed by atoms with Gasteiger partial charge < -0.3 is 14.7 Å². The topological polar surface area (TPSA) is 255 Å². The third-order valence-electron chi connectivity index (χ3n) is 15.1. The van der Waals surface area contributed by atoms with E-state index in [-0.39, 0.29) is 43.3 Å². The van der Waals surface area contributed by atoms with Crippen molar-refractivity contribution < 1.29 is 65.5 Å². The quantitative estimate of drug-likeness (QED) is 0.0694. The Morgan fingerprint density at radius 3 is 1.05 bits per heavy atom. The van der Waals surface area contributed by atoms with Gasteiger partial charge in [-0.3, -0.25) is 19.0 Å². The molecule has 12 rings (SSSR count). The first-order chi connectivity index (χ1) is 39.4. The molecule has 1 radical (unpaired) electrons. The van der Waals surface area contributed by atoms with Gasteiger partial charge in [0, 0.05) is 11.1 Å². The number of rotatable bonds is 11. The molecule has 0 spiro atoms. The van der Waals surface area contributed by atoms with E-state index in [2.05, 4.69) is 53.8 Å². The van der Waals surface area contributed by atoms with Gasteiger partial charge in [0.05, 0.1) is 37.5 Å². The summed E-state index contributed by atoms with van der Waals surface area (Å²) in [4.78, 5) is 33.3. The average Bonchev–Trinajstić information content (AvgIpc) is 4.52. The molecule has 5 heterocycles. The minimum Gasteiger partial charge on any atom is -0.657 e. The van der Waals surface area contributed by atoms with Crippen molar-refractivity contribution in [3.63, 3.8) is 0 Å². The summed E-state index contributed by atoms with van der Waals surface area (Å²) in [6.45, 7) is 0. The van der Waals surface area contributed by atoms with E-state index in [1.165, 1.54) is 83.9 Å². The summed E-state index contributed by atoms with van der Waals surface area (Å²) in [5.41, 5.74) is 10.1. The monoisotopic (exact) mass is 1200 g/mol. The van der Waals surface area contributed by atoms with Crippen LogP contribution in [0.4, 0.5) is 10.5 Å². The number of anilines is 1. The van der Waals surface area contributed by atoms with Gasteiger partial charge in [0.25, 0.3) is 30.4 Å². The molecule has 0 saturated heterocycles. The zero-order valence-corrected chi connectivity index (χ0v) is 47.2. The van der Waals surface area contributed by atoms with Crippen LogP contribution in [0.5, 0.6) is 0 Å². The zero-order valence-electron chi connectivity index (χ0n) is 43.5. The molecule has 16 nitrogen and oxygen atoms in total. The van der Waals surface area contributed by atoms with Crippen LogP contribution in [0.2, 0.25) is 0 Å². The molecule has 4 N–H and O–H groups in total. The zero-order chi connectivity index (χ0) is 57.0. The summed E-state index contributed by atoms with van der Waals surface area (Å²) in [5.74, 6) is 0. The number of ether oxygens (including phenoxy) is 1. The number of carbonyl (C=O) groups is 1. The molecule has 6 aromatic carbocycles. The maximum absolute atomic E-state index is 13.6. The number of fused-ring (bicyclic) bond motifs is 8. The Bertz CT molecular complexity index is 4470. The molecule has 1 saturated carbocycles. The van der Waals surface area contributed by atoms with Gasteiger partial charge in [-0.15, -0.1) is 22.1 Å². The molecule has 1 aliphatic carbocycles. The Morgan fingerprint density at radius 2 is 0.747 bits per heavy atom. The molecule has 2 aliphatic heterocycles. The van der Waals surface area contributed by atoms with Crippen molar-refractivity contribution in [3.8, 4) is 44.5 Å². The molecule has 0 atom stereocenters. The fraction of sp³-hybridized carbons (Fsp3) is 0.0952. The Balaban J connectivity index is 0.00000721. The first kappa shape index (κ1) is 56.3. The van der Waals surface area contributed by atoms with Gasteiger partial charge in [-0.05, 0) is 154 Å². The molecular formula is C63H47MnN5O11S3. The van der Waals surface area contributed by atoms with Gasteiger partial charge in [0.15, 0.2) is 0 Å². The summed E-state index contributed by atoms with van der Waals surface area (Å²) in [6.07, 6.45) is 9.15. The first-order valence-electron chi connectivity index (χ1n) is 25.9. The second-order valence-corrected chi connectivity index (χ2v) is 24.2.